The maximum absolute atomic E-state index is 12.6. The van der Waals surface area contributed by atoms with Gasteiger partial charge in [0.1, 0.15) is 5.82 Å². The van der Waals surface area contributed by atoms with E-state index < -0.39 is 16.1 Å². The van der Waals surface area contributed by atoms with Crippen LogP contribution in [-0.4, -0.2) is 28.6 Å². The van der Waals surface area contributed by atoms with Crippen molar-refractivity contribution in [2.45, 2.75) is 4.90 Å². The lowest BCUT2D eigenvalue weighted by molar-refractivity contribution is 0.209. The summed E-state index contributed by atoms with van der Waals surface area (Å²) in [5.74, 6) is 0.134. The van der Waals surface area contributed by atoms with Crippen LogP contribution in [0.5, 0.6) is 0 Å². The lowest BCUT2D eigenvalue weighted by Crippen LogP contribution is -2.12. The van der Waals surface area contributed by atoms with Crippen LogP contribution in [0.3, 0.4) is 0 Å². The molecule has 3 rings (SSSR count). The van der Waals surface area contributed by atoms with Crippen molar-refractivity contribution in [3.63, 3.8) is 0 Å². The molecule has 1 amide bonds. The van der Waals surface area contributed by atoms with Crippen molar-refractivity contribution in [2.24, 2.45) is 0 Å². The molecule has 112 valence electrons. The molecule has 0 saturated carbocycles. The Morgan fingerprint density at radius 1 is 1.18 bits per heavy atom. The van der Waals surface area contributed by atoms with E-state index >= 15 is 0 Å². The molecule has 3 aromatic rings. The van der Waals surface area contributed by atoms with Gasteiger partial charge in [-0.25, -0.2) is 22.2 Å². The number of fused-ring (bicyclic) bond motifs is 1. The second-order valence-electron chi connectivity index (χ2n) is 4.49. The van der Waals surface area contributed by atoms with E-state index in [1.165, 1.54) is 30.6 Å². The van der Waals surface area contributed by atoms with E-state index in [9.17, 15) is 13.2 Å². The van der Waals surface area contributed by atoms with Gasteiger partial charge in [-0.15, -0.1) is 0 Å². The summed E-state index contributed by atoms with van der Waals surface area (Å²) >= 11 is 0. The van der Waals surface area contributed by atoms with Crippen LogP contribution in [0.4, 0.5) is 10.6 Å². The molecule has 2 heterocycles. The van der Waals surface area contributed by atoms with Crippen molar-refractivity contribution in [2.75, 3.05) is 5.32 Å². The smallest absolute Gasteiger partial charge is 0.410 e. The Labute approximate surface area is 125 Å². The number of hydrogen-bond acceptors (Lipinski definition) is 4. The minimum atomic E-state index is -3.72. The fourth-order valence-corrected chi connectivity index (χ4v) is 3.46. The molecule has 0 radical (unpaired) electrons. The second kappa shape index (κ2) is 5.15. The Bertz CT molecular complexity index is 949. The Kier molecular flexibility index (Phi) is 3.30. The molecular formula is C14H11N3O4S. The molecule has 0 atom stereocenters. The van der Waals surface area contributed by atoms with Crippen molar-refractivity contribution < 1.29 is 18.3 Å². The van der Waals surface area contributed by atoms with Crippen molar-refractivity contribution in [1.29, 1.82) is 0 Å². The summed E-state index contributed by atoms with van der Waals surface area (Å²) in [6.45, 7) is 0. The molecule has 0 unspecified atom stereocenters. The maximum atomic E-state index is 12.6. The van der Waals surface area contributed by atoms with E-state index in [2.05, 4.69) is 10.3 Å². The molecule has 0 aliphatic carbocycles. The first kappa shape index (κ1) is 14.1. The molecule has 0 saturated heterocycles. The standard InChI is InChI=1S/C14H11N3O4S/c18-14(19)16-13-8-10-6-7-17(12(10)9-15-13)22(20,21)11-4-2-1-3-5-11/h1-9H,(H,15,16)(H,18,19). The zero-order valence-corrected chi connectivity index (χ0v) is 12.0. The van der Waals surface area contributed by atoms with Gasteiger partial charge in [-0.1, -0.05) is 18.2 Å². The summed E-state index contributed by atoms with van der Waals surface area (Å²) in [6, 6.07) is 11.1. The van der Waals surface area contributed by atoms with Crippen molar-refractivity contribution in [1.82, 2.24) is 8.96 Å². The van der Waals surface area contributed by atoms with Crippen LogP contribution in [0.1, 0.15) is 0 Å². The van der Waals surface area contributed by atoms with E-state index in [1.807, 2.05) is 0 Å². The van der Waals surface area contributed by atoms with E-state index in [-0.39, 0.29) is 10.7 Å². The number of amides is 1. The van der Waals surface area contributed by atoms with Crippen LogP contribution < -0.4 is 5.32 Å². The largest absolute Gasteiger partial charge is 0.465 e. The van der Waals surface area contributed by atoms with Gasteiger partial charge in [-0.05, 0) is 24.3 Å². The summed E-state index contributed by atoms with van der Waals surface area (Å²) in [5.41, 5.74) is 0.375. The summed E-state index contributed by atoms with van der Waals surface area (Å²) in [4.78, 5) is 14.7. The van der Waals surface area contributed by atoms with Gasteiger partial charge >= 0.3 is 6.09 Å². The van der Waals surface area contributed by atoms with Gasteiger partial charge in [-0.2, -0.15) is 0 Å². The molecule has 8 heteroatoms. The van der Waals surface area contributed by atoms with Gasteiger partial charge in [0, 0.05) is 11.6 Å². The molecule has 0 bridgehead atoms. The van der Waals surface area contributed by atoms with Crippen LogP contribution in [-0.2, 0) is 10.0 Å². The highest BCUT2D eigenvalue weighted by Crippen LogP contribution is 2.23. The highest BCUT2D eigenvalue weighted by Gasteiger charge is 2.18. The third kappa shape index (κ3) is 2.40. The number of nitrogens with zero attached hydrogens (tertiary/aromatic N) is 2. The lowest BCUT2D eigenvalue weighted by atomic mass is 10.3. The van der Waals surface area contributed by atoms with Gasteiger partial charge < -0.3 is 5.11 Å². The fourth-order valence-electron chi connectivity index (χ4n) is 2.10. The van der Waals surface area contributed by atoms with Gasteiger partial charge in [-0.3, -0.25) is 5.32 Å². The monoisotopic (exact) mass is 317 g/mol. The minimum absolute atomic E-state index is 0.134. The maximum Gasteiger partial charge on any atom is 0.410 e. The first-order valence-corrected chi connectivity index (χ1v) is 7.70. The van der Waals surface area contributed by atoms with Crippen LogP contribution in [0.2, 0.25) is 0 Å². The fraction of sp³-hybridized carbons (Fsp3) is 0. The zero-order chi connectivity index (χ0) is 15.7. The lowest BCUT2D eigenvalue weighted by Gasteiger charge is -2.07. The van der Waals surface area contributed by atoms with Crippen LogP contribution in [0.15, 0.2) is 59.8 Å². The summed E-state index contributed by atoms with van der Waals surface area (Å²) < 4.78 is 26.3. The number of rotatable bonds is 3. The third-order valence-electron chi connectivity index (χ3n) is 3.08. The predicted octanol–water partition coefficient (Wildman–Crippen LogP) is 2.36. The first-order chi connectivity index (χ1) is 10.5. The molecule has 2 N–H and O–H groups in total. The van der Waals surface area contributed by atoms with Gasteiger partial charge in [0.25, 0.3) is 10.0 Å². The van der Waals surface area contributed by atoms with Crippen LogP contribution in [0, 0.1) is 0 Å². The molecule has 2 aromatic heterocycles. The molecular weight excluding hydrogens is 306 g/mol. The average molecular weight is 317 g/mol. The molecule has 7 nitrogen and oxygen atoms in total. The average Bonchev–Trinajstić information content (AvgIpc) is 2.91. The molecule has 0 fully saturated rings. The Balaban J connectivity index is 2.11. The summed E-state index contributed by atoms with van der Waals surface area (Å²) in [6.07, 6.45) is 1.50. The zero-order valence-electron chi connectivity index (χ0n) is 11.2. The number of aromatic nitrogens is 2. The number of pyridine rings is 1. The molecule has 1 aromatic carbocycles. The highest BCUT2D eigenvalue weighted by atomic mass is 32.2. The van der Waals surface area contributed by atoms with Gasteiger partial charge in [0.2, 0.25) is 0 Å². The number of carboxylic acid groups (broad SMARTS) is 1. The quantitative estimate of drug-likeness (QED) is 0.772. The van der Waals surface area contributed by atoms with Crippen molar-refractivity contribution in [3.05, 3.63) is 54.9 Å². The van der Waals surface area contributed by atoms with Gasteiger partial charge in [0.15, 0.2) is 0 Å². The topological polar surface area (TPSA) is 101 Å². The van der Waals surface area contributed by atoms with Crippen molar-refractivity contribution >= 4 is 32.8 Å². The summed E-state index contributed by atoms with van der Waals surface area (Å²) in [5, 5.41) is 11.4. The van der Waals surface area contributed by atoms with Crippen molar-refractivity contribution in [3.8, 4) is 0 Å². The predicted molar refractivity (Wildman–Crippen MR) is 80.4 cm³/mol. The molecule has 22 heavy (non-hydrogen) atoms. The highest BCUT2D eigenvalue weighted by molar-refractivity contribution is 7.90. The Morgan fingerprint density at radius 3 is 2.59 bits per heavy atom. The number of anilines is 1. The van der Waals surface area contributed by atoms with Gasteiger partial charge in [0.05, 0.1) is 16.6 Å². The normalized spacial score (nSPS) is 11.5. The number of carbonyl (C=O) groups is 1. The first-order valence-electron chi connectivity index (χ1n) is 6.26. The summed E-state index contributed by atoms with van der Waals surface area (Å²) in [7, 11) is -3.72. The Morgan fingerprint density at radius 2 is 1.91 bits per heavy atom. The third-order valence-corrected chi connectivity index (χ3v) is 4.78. The molecule has 0 spiro atoms. The van der Waals surface area contributed by atoms with Crippen LogP contribution >= 0.6 is 0 Å². The number of nitrogens with one attached hydrogen (secondary N) is 1. The SMILES string of the molecule is O=C(O)Nc1cc2ccn(S(=O)(=O)c3ccccc3)c2cn1. The number of hydrogen-bond donors (Lipinski definition) is 2. The van der Waals surface area contributed by atoms with E-state index in [4.69, 9.17) is 5.11 Å². The molecule has 0 aliphatic heterocycles. The number of benzene rings is 1. The van der Waals surface area contributed by atoms with E-state index in [0.717, 1.165) is 3.97 Å². The second-order valence-corrected chi connectivity index (χ2v) is 6.30. The Hall–Kier alpha value is -2.87. The van der Waals surface area contributed by atoms with E-state index in [1.54, 1.807) is 24.3 Å². The molecule has 0 aliphatic rings. The van der Waals surface area contributed by atoms with Crippen LogP contribution in [0.25, 0.3) is 10.9 Å². The van der Waals surface area contributed by atoms with E-state index in [0.29, 0.717) is 10.9 Å². The minimum Gasteiger partial charge on any atom is -0.465 e.